The van der Waals surface area contributed by atoms with Gasteiger partial charge in [-0.1, -0.05) is 13.8 Å². The van der Waals surface area contributed by atoms with E-state index in [0.717, 1.165) is 0 Å². The lowest BCUT2D eigenvalue weighted by atomic mass is 9.87. The molecule has 1 aromatic rings. The zero-order valence-corrected chi connectivity index (χ0v) is 14.5. The lowest BCUT2D eigenvalue weighted by Gasteiger charge is -2.28. The Morgan fingerprint density at radius 3 is 2.77 bits per heavy atom. The number of ether oxygens (including phenoxy) is 2. The molecular formula is C17H18N2O7. The van der Waals surface area contributed by atoms with Gasteiger partial charge in [0.2, 0.25) is 5.90 Å². The van der Waals surface area contributed by atoms with Crippen LogP contribution in [0.15, 0.2) is 29.3 Å². The molecule has 9 heteroatoms. The van der Waals surface area contributed by atoms with Crippen LogP contribution in [0.25, 0.3) is 6.08 Å². The minimum atomic E-state index is -0.930. The summed E-state index contributed by atoms with van der Waals surface area (Å²) < 4.78 is 10.5. The van der Waals surface area contributed by atoms with Crippen molar-refractivity contribution < 1.29 is 29.1 Å². The van der Waals surface area contributed by atoms with Crippen LogP contribution in [0.1, 0.15) is 26.3 Å². The minimum Gasteiger partial charge on any atom is -0.507 e. The van der Waals surface area contributed by atoms with Gasteiger partial charge in [-0.2, -0.15) is 4.99 Å². The number of nitro benzene ring substituents is 1. The van der Waals surface area contributed by atoms with E-state index in [1.165, 1.54) is 37.3 Å². The van der Waals surface area contributed by atoms with Crippen LogP contribution in [-0.4, -0.2) is 40.5 Å². The summed E-state index contributed by atoms with van der Waals surface area (Å²) in [5.41, 5.74) is -0.802. The Morgan fingerprint density at radius 2 is 2.15 bits per heavy atom. The molecule has 138 valence electrons. The minimum absolute atomic E-state index is 0.00167. The number of carbonyl (C=O) groups excluding carboxylic acids is 2. The zero-order chi connectivity index (χ0) is 19.5. The lowest BCUT2D eigenvalue weighted by molar-refractivity contribution is -0.384. The molecule has 0 fully saturated rings. The van der Waals surface area contributed by atoms with E-state index in [1.54, 1.807) is 13.8 Å². The summed E-state index contributed by atoms with van der Waals surface area (Å²) in [6, 6.07) is 3.56. The van der Waals surface area contributed by atoms with E-state index in [2.05, 4.69) is 4.99 Å². The number of nitro groups is 1. The van der Waals surface area contributed by atoms with Crippen molar-refractivity contribution >= 4 is 29.5 Å². The molecule has 2 rings (SSSR count). The van der Waals surface area contributed by atoms with Crippen LogP contribution in [0.4, 0.5) is 5.69 Å². The van der Waals surface area contributed by atoms with Crippen molar-refractivity contribution in [1.29, 1.82) is 0 Å². The third-order valence-corrected chi connectivity index (χ3v) is 3.67. The van der Waals surface area contributed by atoms with Crippen LogP contribution >= 0.6 is 0 Å². The van der Waals surface area contributed by atoms with E-state index in [9.17, 15) is 24.8 Å². The number of amides is 1. The average molecular weight is 362 g/mol. The quantitative estimate of drug-likeness (QED) is 0.467. The molecular weight excluding hydrogens is 344 g/mol. The zero-order valence-electron chi connectivity index (χ0n) is 14.5. The van der Waals surface area contributed by atoms with Crippen LogP contribution in [-0.2, 0) is 19.1 Å². The molecule has 0 aromatic heterocycles. The van der Waals surface area contributed by atoms with Crippen LogP contribution in [0.5, 0.6) is 5.75 Å². The van der Waals surface area contributed by atoms with Crippen molar-refractivity contribution in [2.45, 2.75) is 26.9 Å². The summed E-state index contributed by atoms with van der Waals surface area (Å²) in [5.74, 6) is -1.15. The number of aromatic hydroxyl groups is 1. The van der Waals surface area contributed by atoms with Crippen molar-refractivity contribution in [3.8, 4) is 5.75 Å². The number of hydrogen-bond donors (Lipinski definition) is 1. The highest BCUT2D eigenvalue weighted by atomic mass is 16.6. The molecule has 0 saturated heterocycles. The summed E-state index contributed by atoms with van der Waals surface area (Å²) in [4.78, 5) is 37.0. The summed E-state index contributed by atoms with van der Waals surface area (Å²) in [5, 5.41) is 20.6. The van der Waals surface area contributed by atoms with Gasteiger partial charge in [-0.15, -0.1) is 0 Å². The second-order valence-electron chi connectivity index (χ2n) is 6.39. The molecule has 1 aromatic carbocycles. The van der Waals surface area contributed by atoms with Crippen LogP contribution in [0.2, 0.25) is 0 Å². The van der Waals surface area contributed by atoms with Crippen LogP contribution in [0, 0.1) is 15.5 Å². The number of carbonyl (C=O) groups is 2. The highest BCUT2D eigenvalue weighted by Crippen LogP contribution is 2.29. The molecule has 1 aliphatic heterocycles. The van der Waals surface area contributed by atoms with Gasteiger partial charge in [0, 0.05) is 36.1 Å². The normalized spacial score (nSPS) is 17.1. The molecule has 1 heterocycles. The largest absolute Gasteiger partial charge is 0.507 e. The second-order valence-corrected chi connectivity index (χ2v) is 6.39. The number of hydrogen-bond acceptors (Lipinski definition) is 7. The fraction of sp³-hybridized carbons (Fsp3) is 0.353. The van der Waals surface area contributed by atoms with Crippen LogP contribution in [0.3, 0.4) is 0 Å². The molecule has 1 unspecified atom stereocenters. The van der Waals surface area contributed by atoms with E-state index in [4.69, 9.17) is 9.47 Å². The van der Waals surface area contributed by atoms with Gasteiger partial charge in [-0.05, 0) is 12.1 Å². The number of phenols is 1. The van der Waals surface area contributed by atoms with Gasteiger partial charge >= 0.3 is 5.97 Å². The molecule has 9 nitrogen and oxygen atoms in total. The lowest BCUT2D eigenvalue weighted by Crippen LogP contribution is -2.39. The molecule has 0 aliphatic carbocycles. The van der Waals surface area contributed by atoms with Gasteiger partial charge in [0.25, 0.3) is 11.6 Å². The Hall–Kier alpha value is -3.23. The van der Waals surface area contributed by atoms with Gasteiger partial charge in [0.1, 0.15) is 12.4 Å². The highest BCUT2D eigenvalue weighted by Gasteiger charge is 2.42. The molecule has 1 aliphatic rings. The third-order valence-electron chi connectivity index (χ3n) is 3.67. The first kappa shape index (κ1) is 19.1. The average Bonchev–Trinajstić information content (AvgIpc) is 2.94. The third kappa shape index (κ3) is 4.44. The Balaban J connectivity index is 2.13. The fourth-order valence-electron chi connectivity index (χ4n) is 2.25. The summed E-state index contributed by atoms with van der Waals surface area (Å²) in [6.45, 7) is 4.65. The van der Waals surface area contributed by atoms with Gasteiger partial charge in [-0.25, -0.2) is 0 Å². The topological polar surface area (TPSA) is 128 Å². The summed E-state index contributed by atoms with van der Waals surface area (Å²) >= 11 is 0. The maximum Gasteiger partial charge on any atom is 0.302 e. The number of esters is 1. The molecule has 0 saturated carbocycles. The number of non-ortho nitro benzene ring substituents is 1. The number of phenolic OH excluding ortho intramolecular Hbond substituents is 1. The molecule has 1 N–H and O–H groups in total. The first-order valence-electron chi connectivity index (χ1n) is 7.68. The van der Waals surface area contributed by atoms with E-state index >= 15 is 0 Å². The van der Waals surface area contributed by atoms with E-state index in [-0.39, 0.29) is 29.5 Å². The SMILES string of the molecule is CC(=O)OCC(C)(C)C1OC(/C=C/c2cc([N+](=O)[O-])ccc2O)=NC1=O. The van der Waals surface area contributed by atoms with Gasteiger partial charge < -0.3 is 14.6 Å². The smallest absolute Gasteiger partial charge is 0.302 e. The second kappa shape index (κ2) is 7.34. The Kier molecular flexibility index (Phi) is 5.39. The number of benzene rings is 1. The van der Waals surface area contributed by atoms with Crippen LogP contribution < -0.4 is 0 Å². The van der Waals surface area contributed by atoms with Crippen molar-refractivity contribution in [3.05, 3.63) is 40.0 Å². The predicted molar refractivity (Wildman–Crippen MR) is 91.5 cm³/mol. The van der Waals surface area contributed by atoms with Crippen molar-refractivity contribution in [2.75, 3.05) is 6.61 Å². The predicted octanol–water partition coefficient (Wildman–Crippen LogP) is 2.23. The van der Waals surface area contributed by atoms with Gasteiger partial charge in [0.15, 0.2) is 6.10 Å². The maximum absolute atomic E-state index is 12.1. The maximum atomic E-state index is 12.1. The molecule has 0 radical (unpaired) electrons. The molecule has 0 bridgehead atoms. The standard InChI is InChI=1S/C17H18N2O7/c1-10(20)25-9-17(2,3)15-16(22)18-14(26-15)7-4-11-8-12(19(23)24)5-6-13(11)21/h4-8,15,21H,9H2,1-3H3/b7-4+. The summed E-state index contributed by atoms with van der Waals surface area (Å²) in [7, 11) is 0. The van der Waals surface area contributed by atoms with Gasteiger partial charge in [-0.3, -0.25) is 19.7 Å². The Morgan fingerprint density at radius 1 is 1.46 bits per heavy atom. The first-order chi connectivity index (χ1) is 12.1. The fourth-order valence-corrected chi connectivity index (χ4v) is 2.25. The Labute approximate surface area is 149 Å². The highest BCUT2D eigenvalue weighted by molar-refractivity contribution is 6.06. The van der Waals surface area contributed by atoms with Crippen molar-refractivity contribution in [2.24, 2.45) is 10.4 Å². The van der Waals surface area contributed by atoms with E-state index < -0.39 is 28.3 Å². The summed E-state index contributed by atoms with van der Waals surface area (Å²) in [6.07, 6.45) is 1.76. The first-order valence-corrected chi connectivity index (χ1v) is 7.68. The molecule has 1 amide bonds. The number of rotatable bonds is 6. The number of aliphatic imine (C=N–C) groups is 1. The Bertz CT molecular complexity index is 811. The molecule has 26 heavy (non-hydrogen) atoms. The molecule has 0 spiro atoms. The van der Waals surface area contributed by atoms with Crippen molar-refractivity contribution in [1.82, 2.24) is 0 Å². The molecule has 1 atom stereocenters. The number of nitrogens with zero attached hydrogens (tertiary/aromatic N) is 2. The van der Waals surface area contributed by atoms with E-state index in [0.29, 0.717) is 0 Å². The monoisotopic (exact) mass is 362 g/mol. The van der Waals surface area contributed by atoms with E-state index in [1.807, 2.05) is 0 Å². The van der Waals surface area contributed by atoms with Gasteiger partial charge in [0.05, 0.1) is 4.92 Å². The van der Waals surface area contributed by atoms with Crippen molar-refractivity contribution in [3.63, 3.8) is 0 Å².